The molecule has 0 saturated carbocycles. The number of hydrogen-bond acceptors (Lipinski definition) is 2. The van der Waals surface area contributed by atoms with Crippen LogP contribution in [0.2, 0.25) is 0 Å². The Hall–Kier alpha value is -1.80. The highest BCUT2D eigenvalue weighted by Gasteiger charge is 2.35. The van der Waals surface area contributed by atoms with Crippen LogP contribution in [0, 0.1) is 0 Å². The molecule has 25 heavy (non-hydrogen) atoms. The zero-order chi connectivity index (χ0) is 17.5. The second-order valence-electron chi connectivity index (χ2n) is 7.42. The van der Waals surface area contributed by atoms with Crippen molar-refractivity contribution in [3.8, 4) is 0 Å². The molecule has 2 aromatic carbocycles. The Bertz CT molecular complexity index is 642. The molecule has 134 valence electrons. The summed E-state index contributed by atoms with van der Waals surface area (Å²) in [6.07, 6.45) is 7.51. The van der Waals surface area contributed by atoms with Gasteiger partial charge in [-0.2, -0.15) is 0 Å². The Morgan fingerprint density at radius 1 is 0.880 bits per heavy atom. The lowest BCUT2D eigenvalue weighted by Crippen LogP contribution is -2.50. The van der Waals surface area contributed by atoms with Crippen LogP contribution >= 0.6 is 0 Å². The van der Waals surface area contributed by atoms with Crippen LogP contribution < -0.4 is 10.6 Å². The van der Waals surface area contributed by atoms with Crippen molar-refractivity contribution < 1.29 is 0 Å². The molecule has 0 aromatic heterocycles. The molecule has 2 N–H and O–H groups in total. The molecule has 0 bridgehead atoms. The van der Waals surface area contributed by atoms with Gasteiger partial charge in [0.15, 0.2) is 0 Å². The summed E-state index contributed by atoms with van der Waals surface area (Å²) in [5, 5.41) is 7.88. The molecule has 0 radical (unpaired) electrons. The zero-order valence-corrected chi connectivity index (χ0v) is 15.7. The molecule has 1 atom stereocenters. The molecule has 0 fully saturated rings. The lowest BCUT2D eigenvalue weighted by Gasteiger charge is -2.37. The zero-order valence-electron chi connectivity index (χ0n) is 15.7. The van der Waals surface area contributed by atoms with E-state index in [2.05, 4.69) is 79.1 Å². The number of rotatable bonds is 7. The Morgan fingerprint density at radius 2 is 1.52 bits per heavy atom. The average molecular weight is 337 g/mol. The van der Waals surface area contributed by atoms with E-state index in [1.54, 1.807) is 0 Å². The Labute approximate surface area is 153 Å². The van der Waals surface area contributed by atoms with Crippen molar-refractivity contribution in [3.05, 3.63) is 65.7 Å². The molecule has 2 nitrogen and oxygen atoms in total. The summed E-state index contributed by atoms with van der Waals surface area (Å²) in [6.45, 7) is 5.59. The molecule has 1 unspecified atom stereocenters. The number of benzene rings is 2. The summed E-state index contributed by atoms with van der Waals surface area (Å²) in [6, 6.07) is 19.9. The Kier molecular flexibility index (Phi) is 6.14. The van der Waals surface area contributed by atoms with Gasteiger partial charge in [0.1, 0.15) is 0 Å². The maximum Gasteiger partial charge on any atom is 0.0602 e. The predicted molar refractivity (Wildman–Crippen MR) is 108 cm³/mol. The normalized spacial score (nSPS) is 18.9. The fourth-order valence-electron chi connectivity index (χ4n) is 3.99. The highest BCUT2D eigenvalue weighted by molar-refractivity contribution is 5.56. The topological polar surface area (TPSA) is 24.1 Å². The largest absolute Gasteiger partial charge is 0.383 e. The van der Waals surface area contributed by atoms with Crippen molar-refractivity contribution in [2.24, 2.45) is 0 Å². The van der Waals surface area contributed by atoms with Gasteiger partial charge in [0.05, 0.1) is 6.04 Å². The van der Waals surface area contributed by atoms with Crippen LogP contribution in [-0.2, 0) is 0 Å². The Morgan fingerprint density at radius 3 is 2.20 bits per heavy atom. The van der Waals surface area contributed by atoms with Crippen LogP contribution in [0.1, 0.15) is 69.5 Å². The first-order valence-corrected chi connectivity index (χ1v) is 9.93. The predicted octanol–water partition coefficient (Wildman–Crippen LogP) is 5.91. The highest BCUT2D eigenvalue weighted by Crippen LogP contribution is 2.36. The first kappa shape index (κ1) is 18.0. The van der Waals surface area contributed by atoms with Gasteiger partial charge in [-0.3, -0.25) is 5.32 Å². The second kappa shape index (κ2) is 8.53. The van der Waals surface area contributed by atoms with Crippen LogP contribution in [0.5, 0.6) is 0 Å². The maximum absolute atomic E-state index is 4.11. The van der Waals surface area contributed by atoms with Crippen LogP contribution in [0.25, 0.3) is 0 Å². The van der Waals surface area contributed by atoms with Crippen LogP contribution in [0.3, 0.4) is 0 Å². The smallest absolute Gasteiger partial charge is 0.0602 e. The van der Waals surface area contributed by atoms with Gasteiger partial charge in [0, 0.05) is 17.8 Å². The molecule has 0 amide bonds. The van der Waals surface area contributed by atoms with Gasteiger partial charge in [-0.1, -0.05) is 88.1 Å². The van der Waals surface area contributed by atoms with Gasteiger partial charge in [0.25, 0.3) is 0 Å². The van der Waals surface area contributed by atoms with E-state index < -0.39 is 0 Å². The molecule has 1 aliphatic heterocycles. The first-order valence-electron chi connectivity index (χ1n) is 9.93. The molecule has 0 aliphatic carbocycles. The number of nitrogens with one attached hydrogen (secondary N) is 2. The van der Waals surface area contributed by atoms with Crippen molar-refractivity contribution in [1.29, 1.82) is 0 Å². The highest BCUT2D eigenvalue weighted by atomic mass is 15.1. The van der Waals surface area contributed by atoms with Crippen molar-refractivity contribution in [3.63, 3.8) is 0 Å². The molecule has 3 rings (SSSR count). The van der Waals surface area contributed by atoms with E-state index in [0.717, 1.165) is 6.54 Å². The summed E-state index contributed by atoms with van der Waals surface area (Å²) in [5.74, 6) is 0. The minimum atomic E-state index is 0.158. The SMILES string of the molecule is CCCCC1(CCCC)CNc2ccccc2C(c2ccccc2)N1. The molecule has 1 aliphatic rings. The van der Waals surface area contributed by atoms with Gasteiger partial charge in [-0.25, -0.2) is 0 Å². The van der Waals surface area contributed by atoms with Gasteiger partial charge in [-0.15, -0.1) is 0 Å². The number of para-hydroxylation sites is 1. The van der Waals surface area contributed by atoms with Crippen LogP contribution in [0.15, 0.2) is 54.6 Å². The third kappa shape index (κ3) is 4.24. The minimum absolute atomic E-state index is 0.158. The van der Waals surface area contributed by atoms with E-state index in [-0.39, 0.29) is 11.6 Å². The van der Waals surface area contributed by atoms with Crippen molar-refractivity contribution >= 4 is 5.69 Å². The van der Waals surface area contributed by atoms with Gasteiger partial charge < -0.3 is 5.32 Å². The summed E-state index contributed by atoms with van der Waals surface area (Å²) in [7, 11) is 0. The fraction of sp³-hybridized carbons (Fsp3) is 0.478. The molecule has 0 spiro atoms. The fourth-order valence-corrected chi connectivity index (χ4v) is 3.99. The summed E-state index contributed by atoms with van der Waals surface area (Å²) < 4.78 is 0. The van der Waals surface area contributed by atoms with E-state index in [0.29, 0.717) is 0 Å². The minimum Gasteiger partial charge on any atom is -0.383 e. The lowest BCUT2D eigenvalue weighted by atomic mass is 9.85. The van der Waals surface area contributed by atoms with Crippen molar-refractivity contribution in [1.82, 2.24) is 5.32 Å². The summed E-state index contributed by atoms with van der Waals surface area (Å²) in [4.78, 5) is 0. The van der Waals surface area contributed by atoms with E-state index >= 15 is 0 Å². The van der Waals surface area contributed by atoms with Crippen molar-refractivity contribution in [2.45, 2.75) is 64.0 Å². The van der Waals surface area contributed by atoms with Crippen LogP contribution in [-0.4, -0.2) is 12.1 Å². The monoisotopic (exact) mass is 336 g/mol. The van der Waals surface area contributed by atoms with Crippen LogP contribution in [0.4, 0.5) is 5.69 Å². The molecule has 0 saturated heterocycles. The summed E-state index contributed by atoms with van der Waals surface area (Å²) in [5.41, 5.74) is 4.16. The third-order valence-corrected chi connectivity index (χ3v) is 5.49. The standard InChI is InChI=1S/C23H32N2/c1-3-5-16-23(17-6-4-2)18-24-21-15-11-10-14-20(21)22(25-23)19-12-8-7-9-13-19/h7-15,22,24-25H,3-6,16-18H2,1-2H3. The number of fused-ring (bicyclic) bond motifs is 1. The molecular weight excluding hydrogens is 304 g/mol. The Balaban J connectivity index is 1.99. The van der Waals surface area contributed by atoms with Crippen molar-refractivity contribution in [2.75, 3.05) is 11.9 Å². The number of hydrogen-bond donors (Lipinski definition) is 2. The first-order chi connectivity index (χ1) is 12.3. The van der Waals surface area contributed by atoms with Gasteiger partial charge >= 0.3 is 0 Å². The molecule has 2 heteroatoms. The van der Waals surface area contributed by atoms with E-state index in [9.17, 15) is 0 Å². The second-order valence-corrected chi connectivity index (χ2v) is 7.42. The van der Waals surface area contributed by atoms with Gasteiger partial charge in [0.2, 0.25) is 0 Å². The quantitative estimate of drug-likeness (QED) is 0.656. The molecule has 2 aromatic rings. The lowest BCUT2D eigenvalue weighted by molar-refractivity contribution is 0.267. The average Bonchev–Trinajstić information content (AvgIpc) is 2.84. The number of unbranched alkanes of at least 4 members (excludes halogenated alkanes) is 2. The van der Waals surface area contributed by atoms with E-state index in [1.165, 1.54) is 55.3 Å². The molecular formula is C23H32N2. The van der Waals surface area contributed by atoms with Gasteiger partial charge in [-0.05, 0) is 30.0 Å². The number of anilines is 1. The maximum atomic E-state index is 4.11. The van der Waals surface area contributed by atoms with E-state index in [4.69, 9.17) is 0 Å². The van der Waals surface area contributed by atoms with E-state index in [1.807, 2.05) is 0 Å². The summed E-state index contributed by atoms with van der Waals surface area (Å²) >= 11 is 0. The third-order valence-electron chi connectivity index (χ3n) is 5.49. The molecule has 1 heterocycles.